The molecule has 0 radical (unpaired) electrons. The third-order valence-corrected chi connectivity index (χ3v) is 14.2. The van der Waals surface area contributed by atoms with Crippen molar-refractivity contribution in [3.63, 3.8) is 0 Å². The van der Waals surface area contributed by atoms with Crippen LogP contribution < -0.4 is 4.90 Å². The lowest BCUT2D eigenvalue weighted by Crippen LogP contribution is -2.27. The minimum absolute atomic E-state index is 0.417. The molecule has 8 aromatic rings. The summed E-state index contributed by atoms with van der Waals surface area (Å²) in [6, 6.07) is 56.1. The van der Waals surface area contributed by atoms with Crippen LogP contribution in [0.5, 0.6) is 0 Å². The largest absolute Gasteiger partial charge is 0.354 e. The van der Waals surface area contributed by atoms with E-state index in [1.807, 2.05) is 17.8 Å². The second-order valence-corrected chi connectivity index (χ2v) is 16.8. The number of rotatable bonds is 6. The van der Waals surface area contributed by atoms with Gasteiger partial charge in [0.1, 0.15) is 0 Å². The van der Waals surface area contributed by atoms with E-state index >= 15 is 0 Å². The summed E-state index contributed by atoms with van der Waals surface area (Å²) in [5.41, 5.74) is 18.9. The summed E-state index contributed by atoms with van der Waals surface area (Å²) in [6.07, 6.45) is 11.9. The lowest BCUT2D eigenvalue weighted by Gasteiger charge is -2.33. The van der Waals surface area contributed by atoms with Crippen LogP contribution in [-0.2, 0) is 5.41 Å². The molecule has 3 aliphatic carbocycles. The highest BCUT2D eigenvalue weighted by Crippen LogP contribution is 2.63. The number of benzene rings is 7. The predicted molar refractivity (Wildman–Crippen MR) is 245 cm³/mol. The fourth-order valence-corrected chi connectivity index (χ4v) is 11.8. The molecular formula is C55H38N2S. The van der Waals surface area contributed by atoms with Crippen molar-refractivity contribution in [3.05, 3.63) is 233 Å². The van der Waals surface area contributed by atoms with E-state index in [1.54, 1.807) is 0 Å². The van der Waals surface area contributed by atoms with Gasteiger partial charge in [0, 0.05) is 44.2 Å². The van der Waals surface area contributed by atoms with E-state index in [1.165, 1.54) is 81.7 Å². The Hall–Kier alpha value is -6.81. The molecule has 0 saturated carbocycles. The van der Waals surface area contributed by atoms with Crippen LogP contribution in [0.2, 0.25) is 0 Å². The average molecular weight is 759 g/mol. The van der Waals surface area contributed by atoms with E-state index in [2.05, 4.69) is 199 Å². The normalized spacial score (nSPS) is 16.6. The number of nitrogens with zero attached hydrogens (tertiary/aromatic N) is 1. The highest BCUT2D eigenvalue weighted by atomic mass is 32.2. The average Bonchev–Trinajstić information content (AvgIpc) is 4.01. The Morgan fingerprint density at radius 2 is 1.29 bits per heavy atom. The number of fused-ring (bicyclic) bond motifs is 14. The molecule has 0 fully saturated rings. The SMILES string of the molecule is C=CC1=C(C=C)C2(c3cc(N(c4ccc(-c5ccccc5)cc4)c4ccc5c(c4)[nH]c4c6c(ccc45)SC4=CC=CCC46)ccc31)c1ccccc1-c1ccccc12. The number of anilines is 3. The van der Waals surface area contributed by atoms with Crippen molar-refractivity contribution in [1.82, 2.24) is 4.98 Å². The van der Waals surface area contributed by atoms with E-state index in [9.17, 15) is 0 Å². The Morgan fingerprint density at radius 3 is 2.05 bits per heavy atom. The molecular weight excluding hydrogens is 721 g/mol. The van der Waals surface area contributed by atoms with Crippen molar-refractivity contribution in [2.75, 3.05) is 4.90 Å². The molecule has 0 amide bonds. The summed E-state index contributed by atoms with van der Waals surface area (Å²) in [5.74, 6) is 0.417. The third-order valence-electron chi connectivity index (χ3n) is 12.9. The van der Waals surface area contributed by atoms with E-state index in [0.717, 1.165) is 34.6 Å². The molecule has 1 aromatic heterocycles. The number of nitrogens with one attached hydrogen (secondary N) is 1. The lowest BCUT2D eigenvalue weighted by molar-refractivity contribution is 0.786. The Morgan fingerprint density at radius 1 is 0.621 bits per heavy atom. The molecule has 1 aliphatic heterocycles. The molecule has 58 heavy (non-hydrogen) atoms. The highest BCUT2D eigenvalue weighted by molar-refractivity contribution is 8.03. The summed E-state index contributed by atoms with van der Waals surface area (Å²) in [7, 11) is 0. The molecule has 1 spiro atoms. The van der Waals surface area contributed by atoms with Gasteiger partial charge in [-0.1, -0.05) is 164 Å². The van der Waals surface area contributed by atoms with Crippen LogP contribution in [0.15, 0.2) is 211 Å². The summed E-state index contributed by atoms with van der Waals surface area (Å²) in [5, 5.41) is 2.53. The Labute approximate surface area is 342 Å². The first-order chi connectivity index (χ1) is 28.7. The van der Waals surface area contributed by atoms with Gasteiger partial charge in [-0.3, -0.25) is 0 Å². The molecule has 0 bridgehead atoms. The molecule has 3 heteroatoms. The zero-order chi connectivity index (χ0) is 38.5. The van der Waals surface area contributed by atoms with Gasteiger partial charge in [0.05, 0.1) is 10.9 Å². The van der Waals surface area contributed by atoms with Crippen LogP contribution in [0.3, 0.4) is 0 Å². The number of hydrogen-bond donors (Lipinski definition) is 1. The molecule has 7 aromatic carbocycles. The molecule has 12 rings (SSSR count). The summed E-state index contributed by atoms with van der Waals surface area (Å²) in [6.45, 7) is 8.79. The van der Waals surface area contributed by atoms with Crippen molar-refractivity contribution in [3.8, 4) is 22.3 Å². The summed E-state index contributed by atoms with van der Waals surface area (Å²) >= 11 is 1.93. The van der Waals surface area contributed by atoms with Gasteiger partial charge in [-0.05, 0) is 115 Å². The van der Waals surface area contributed by atoms with Gasteiger partial charge in [0.2, 0.25) is 0 Å². The fourth-order valence-electron chi connectivity index (χ4n) is 10.5. The number of aromatic nitrogens is 1. The van der Waals surface area contributed by atoms with Gasteiger partial charge in [0.25, 0.3) is 0 Å². The molecule has 4 aliphatic rings. The summed E-state index contributed by atoms with van der Waals surface area (Å²) < 4.78 is 0. The lowest BCUT2D eigenvalue weighted by atomic mass is 9.69. The van der Waals surface area contributed by atoms with Crippen LogP contribution in [0.4, 0.5) is 17.1 Å². The maximum absolute atomic E-state index is 4.44. The first-order valence-corrected chi connectivity index (χ1v) is 20.9. The van der Waals surface area contributed by atoms with Gasteiger partial charge in [-0.15, -0.1) is 0 Å². The first-order valence-electron chi connectivity index (χ1n) is 20.1. The number of aromatic amines is 1. The van der Waals surface area contributed by atoms with E-state index < -0.39 is 5.41 Å². The molecule has 0 saturated heterocycles. The Balaban J connectivity index is 1.08. The van der Waals surface area contributed by atoms with Crippen LogP contribution in [0.1, 0.15) is 40.2 Å². The van der Waals surface area contributed by atoms with Gasteiger partial charge in [0.15, 0.2) is 0 Å². The van der Waals surface area contributed by atoms with E-state index in [-0.39, 0.29) is 0 Å². The second-order valence-electron chi connectivity index (χ2n) is 15.7. The minimum Gasteiger partial charge on any atom is -0.354 e. The zero-order valence-corrected chi connectivity index (χ0v) is 32.7. The predicted octanol–water partition coefficient (Wildman–Crippen LogP) is 14.9. The minimum atomic E-state index is -0.520. The maximum Gasteiger partial charge on any atom is 0.0726 e. The molecule has 2 nitrogen and oxygen atoms in total. The van der Waals surface area contributed by atoms with Crippen LogP contribution >= 0.6 is 11.8 Å². The highest BCUT2D eigenvalue weighted by Gasteiger charge is 2.51. The van der Waals surface area contributed by atoms with Crippen LogP contribution in [0, 0.1) is 0 Å². The van der Waals surface area contributed by atoms with Gasteiger partial charge in [-0.25, -0.2) is 0 Å². The van der Waals surface area contributed by atoms with Crippen molar-refractivity contribution < 1.29 is 0 Å². The van der Waals surface area contributed by atoms with Crippen LogP contribution in [0.25, 0.3) is 49.6 Å². The zero-order valence-electron chi connectivity index (χ0n) is 31.9. The number of allylic oxidation sites excluding steroid dienone is 8. The van der Waals surface area contributed by atoms with Gasteiger partial charge >= 0.3 is 0 Å². The molecule has 1 unspecified atom stereocenters. The maximum atomic E-state index is 4.44. The van der Waals surface area contributed by atoms with E-state index in [4.69, 9.17) is 0 Å². The van der Waals surface area contributed by atoms with Gasteiger partial charge in [-0.2, -0.15) is 0 Å². The molecule has 2 heterocycles. The Bertz CT molecular complexity index is 3110. The number of thioether (sulfide) groups is 1. The van der Waals surface area contributed by atoms with Crippen molar-refractivity contribution in [1.29, 1.82) is 0 Å². The third kappa shape index (κ3) is 4.51. The van der Waals surface area contributed by atoms with Crippen molar-refractivity contribution in [2.24, 2.45) is 0 Å². The van der Waals surface area contributed by atoms with Crippen LogP contribution in [-0.4, -0.2) is 4.98 Å². The van der Waals surface area contributed by atoms with Gasteiger partial charge < -0.3 is 9.88 Å². The molecule has 1 N–H and O–H groups in total. The Kier molecular flexibility index (Phi) is 7.24. The smallest absolute Gasteiger partial charge is 0.0726 e. The van der Waals surface area contributed by atoms with Crippen molar-refractivity contribution in [2.45, 2.75) is 22.6 Å². The standard InChI is InChI=1S/C55H38N2S/c1-3-39-42-28-26-37(32-49(42)55(46(39)4-2)47-19-11-8-16-40(47)41-17-9-12-20-48(41)55)57(36-24-22-35(23-25-36)34-14-6-5-7-15-34)38-27-29-43-44-30-31-52-53(54(44)56-50(43)33-38)45-18-10-13-21-51(45)58-52/h3-17,19-33,45,56H,1-2,18H2. The second kappa shape index (κ2) is 12.6. The number of hydrogen-bond acceptors (Lipinski definition) is 2. The van der Waals surface area contributed by atoms with Crippen molar-refractivity contribution >= 4 is 56.2 Å². The fraction of sp³-hybridized carbons (Fsp3) is 0.0545. The number of H-pyrrole nitrogens is 1. The molecule has 1 atom stereocenters. The first kappa shape index (κ1) is 33.3. The molecule has 274 valence electrons. The monoisotopic (exact) mass is 758 g/mol. The topological polar surface area (TPSA) is 19.0 Å². The summed E-state index contributed by atoms with van der Waals surface area (Å²) in [4.78, 5) is 9.19. The van der Waals surface area contributed by atoms with E-state index in [0.29, 0.717) is 5.92 Å². The quantitative estimate of drug-likeness (QED) is 0.182.